The van der Waals surface area contributed by atoms with Crippen molar-refractivity contribution in [2.45, 2.75) is 6.42 Å². The number of nitrogens with zero attached hydrogens (tertiary/aromatic N) is 2. The molecule has 0 saturated heterocycles. The Morgan fingerprint density at radius 1 is 1.25 bits per heavy atom. The highest BCUT2D eigenvalue weighted by Crippen LogP contribution is 2.35. The van der Waals surface area contributed by atoms with Crippen molar-refractivity contribution in [3.8, 4) is 0 Å². The average molecular weight is 357 g/mol. The minimum absolute atomic E-state index is 0.0422. The third-order valence-electron chi connectivity index (χ3n) is 3.74. The first kappa shape index (κ1) is 16.7. The van der Waals surface area contributed by atoms with Crippen LogP contribution in [0.4, 0.5) is 0 Å². The van der Waals surface area contributed by atoms with Crippen LogP contribution in [0.1, 0.15) is 10.6 Å². The Kier molecular flexibility index (Phi) is 5.28. The predicted octanol–water partition coefficient (Wildman–Crippen LogP) is 4.66. The van der Waals surface area contributed by atoms with E-state index in [0.717, 1.165) is 27.1 Å². The van der Waals surface area contributed by atoms with Crippen LogP contribution in [0.25, 0.3) is 16.2 Å². The normalized spacial score (nSPS) is 11.2. The van der Waals surface area contributed by atoms with Gasteiger partial charge in [0.1, 0.15) is 0 Å². The third kappa shape index (κ3) is 3.83. The van der Waals surface area contributed by atoms with E-state index >= 15 is 0 Å². The molecular weight excluding hydrogens is 340 g/mol. The van der Waals surface area contributed by atoms with Crippen LogP contribution in [-0.2, 0) is 11.2 Å². The summed E-state index contributed by atoms with van der Waals surface area (Å²) in [6.45, 7) is 0.625. The maximum Gasteiger partial charge on any atom is 0.246 e. The molecule has 0 spiro atoms. The number of benzene rings is 1. The molecule has 0 radical (unpaired) electrons. The Hall–Kier alpha value is -2.17. The topological polar surface area (TPSA) is 33.2 Å². The largest absolute Gasteiger partial charge is 0.342 e. The molecule has 0 bridgehead atoms. The van der Waals surface area contributed by atoms with Gasteiger partial charge in [-0.25, -0.2) is 0 Å². The van der Waals surface area contributed by atoms with E-state index in [4.69, 9.17) is 11.6 Å². The van der Waals surface area contributed by atoms with Gasteiger partial charge in [-0.3, -0.25) is 9.78 Å². The van der Waals surface area contributed by atoms with Crippen molar-refractivity contribution >= 4 is 45.0 Å². The number of carbonyl (C=O) groups excluding carboxylic acids is 1. The lowest BCUT2D eigenvalue weighted by Crippen LogP contribution is -2.27. The standard InChI is InChI=1S/C19H17ClN2OS/c1-22(13-11-14-6-4-5-12-21-14)18(23)10-9-17-19(20)15-7-2-3-8-16(15)24-17/h2-10,12H,11,13H2,1H3/b10-9+. The molecular formula is C19H17ClN2OS. The highest BCUT2D eigenvalue weighted by molar-refractivity contribution is 7.20. The summed E-state index contributed by atoms with van der Waals surface area (Å²) >= 11 is 7.98. The van der Waals surface area contributed by atoms with Gasteiger partial charge in [0.05, 0.1) is 5.02 Å². The molecule has 0 saturated carbocycles. The number of thiophene rings is 1. The number of hydrogen-bond acceptors (Lipinski definition) is 3. The summed E-state index contributed by atoms with van der Waals surface area (Å²) in [4.78, 5) is 19.1. The molecule has 3 nitrogen and oxygen atoms in total. The van der Waals surface area contributed by atoms with Crippen LogP contribution in [0.15, 0.2) is 54.7 Å². The smallest absolute Gasteiger partial charge is 0.246 e. The van der Waals surface area contributed by atoms with Gasteiger partial charge in [-0.1, -0.05) is 35.9 Å². The molecule has 2 aromatic heterocycles. The van der Waals surface area contributed by atoms with Crippen LogP contribution in [0.5, 0.6) is 0 Å². The van der Waals surface area contributed by atoms with Gasteiger partial charge >= 0.3 is 0 Å². The van der Waals surface area contributed by atoms with Gasteiger partial charge in [0, 0.05) is 52.9 Å². The second kappa shape index (κ2) is 7.60. The minimum atomic E-state index is -0.0422. The van der Waals surface area contributed by atoms with E-state index in [1.807, 2.05) is 42.5 Å². The Morgan fingerprint density at radius 2 is 2.04 bits per heavy atom. The van der Waals surface area contributed by atoms with Crippen LogP contribution in [-0.4, -0.2) is 29.4 Å². The van der Waals surface area contributed by atoms with Crippen LogP contribution in [0.2, 0.25) is 5.02 Å². The number of likely N-dealkylation sites (N-methyl/N-ethyl adjacent to an activating group) is 1. The molecule has 122 valence electrons. The zero-order valence-electron chi connectivity index (χ0n) is 13.3. The van der Waals surface area contributed by atoms with Crippen LogP contribution in [0, 0.1) is 0 Å². The number of hydrogen-bond donors (Lipinski definition) is 0. The molecule has 0 aliphatic carbocycles. The lowest BCUT2D eigenvalue weighted by atomic mass is 10.2. The summed E-state index contributed by atoms with van der Waals surface area (Å²) in [6, 6.07) is 13.8. The fourth-order valence-corrected chi connectivity index (χ4v) is 3.75. The number of halogens is 1. The zero-order chi connectivity index (χ0) is 16.9. The maximum atomic E-state index is 12.2. The number of pyridine rings is 1. The van der Waals surface area contributed by atoms with E-state index in [1.54, 1.807) is 41.6 Å². The van der Waals surface area contributed by atoms with Crippen molar-refractivity contribution in [3.63, 3.8) is 0 Å². The van der Waals surface area contributed by atoms with E-state index < -0.39 is 0 Å². The van der Waals surface area contributed by atoms with Crippen molar-refractivity contribution in [2.75, 3.05) is 13.6 Å². The summed E-state index contributed by atoms with van der Waals surface area (Å²) < 4.78 is 1.12. The first-order chi connectivity index (χ1) is 11.6. The number of fused-ring (bicyclic) bond motifs is 1. The van der Waals surface area contributed by atoms with Crippen LogP contribution >= 0.6 is 22.9 Å². The Bertz CT molecular complexity index is 873. The maximum absolute atomic E-state index is 12.2. The average Bonchev–Trinajstić information content (AvgIpc) is 2.95. The van der Waals surface area contributed by atoms with Gasteiger partial charge in [-0.15, -0.1) is 11.3 Å². The fourth-order valence-electron chi connectivity index (χ4n) is 2.35. The number of rotatable bonds is 5. The van der Waals surface area contributed by atoms with E-state index in [9.17, 15) is 4.79 Å². The van der Waals surface area contributed by atoms with Gasteiger partial charge in [-0.2, -0.15) is 0 Å². The highest BCUT2D eigenvalue weighted by atomic mass is 35.5. The first-order valence-corrected chi connectivity index (χ1v) is 8.84. The van der Waals surface area contributed by atoms with E-state index in [-0.39, 0.29) is 5.91 Å². The predicted molar refractivity (Wildman–Crippen MR) is 101 cm³/mol. The molecule has 0 unspecified atom stereocenters. The van der Waals surface area contributed by atoms with Crippen molar-refractivity contribution in [2.24, 2.45) is 0 Å². The van der Waals surface area contributed by atoms with Crippen molar-refractivity contribution in [1.82, 2.24) is 9.88 Å². The van der Waals surface area contributed by atoms with Gasteiger partial charge in [0.25, 0.3) is 0 Å². The summed E-state index contributed by atoms with van der Waals surface area (Å²) in [5, 5.41) is 1.73. The number of amides is 1. The number of carbonyl (C=O) groups is 1. The fraction of sp³-hybridized carbons (Fsp3) is 0.158. The first-order valence-electron chi connectivity index (χ1n) is 7.65. The summed E-state index contributed by atoms with van der Waals surface area (Å²) in [5.74, 6) is -0.0422. The molecule has 5 heteroatoms. The molecule has 0 N–H and O–H groups in total. The van der Waals surface area contributed by atoms with E-state index in [0.29, 0.717) is 11.6 Å². The molecule has 1 aromatic carbocycles. The Balaban J connectivity index is 1.64. The molecule has 3 aromatic rings. The zero-order valence-corrected chi connectivity index (χ0v) is 14.8. The second-order valence-corrected chi connectivity index (χ2v) is 6.90. The highest BCUT2D eigenvalue weighted by Gasteiger charge is 2.09. The molecule has 0 atom stereocenters. The summed E-state index contributed by atoms with van der Waals surface area (Å²) in [7, 11) is 1.79. The molecule has 1 amide bonds. The lowest BCUT2D eigenvalue weighted by molar-refractivity contribution is -0.124. The molecule has 24 heavy (non-hydrogen) atoms. The molecule has 0 aliphatic heterocycles. The van der Waals surface area contributed by atoms with Crippen LogP contribution < -0.4 is 0 Å². The van der Waals surface area contributed by atoms with Gasteiger partial charge in [-0.05, 0) is 24.3 Å². The third-order valence-corrected chi connectivity index (χ3v) is 5.40. The Morgan fingerprint density at radius 3 is 2.79 bits per heavy atom. The lowest BCUT2D eigenvalue weighted by Gasteiger charge is -2.14. The molecule has 0 fully saturated rings. The Labute approximate surface area is 150 Å². The second-order valence-electron chi connectivity index (χ2n) is 5.44. The van der Waals surface area contributed by atoms with Gasteiger partial charge in [0.15, 0.2) is 0 Å². The van der Waals surface area contributed by atoms with Crippen LogP contribution in [0.3, 0.4) is 0 Å². The van der Waals surface area contributed by atoms with Gasteiger partial charge in [0.2, 0.25) is 5.91 Å². The van der Waals surface area contributed by atoms with E-state index in [1.165, 1.54) is 0 Å². The quantitative estimate of drug-likeness (QED) is 0.623. The molecule has 0 aliphatic rings. The monoisotopic (exact) mass is 356 g/mol. The summed E-state index contributed by atoms with van der Waals surface area (Å²) in [6.07, 6.45) is 5.88. The van der Waals surface area contributed by atoms with Crippen molar-refractivity contribution in [3.05, 3.63) is 70.3 Å². The SMILES string of the molecule is CN(CCc1ccccn1)C(=O)/C=C/c1sc2ccccc2c1Cl. The minimum Gasteiger partial charge on any atom is -0.342 e. The van der Waals surface area contributed by atoms with E-state index in [2.05, 4.69) is 4.98 Å². The number of aromatic nitrogens is 1. The summed E-state index contributed by atoms with van der Waals surface area (Å²) in [5.41, 5.74) is 0.980. The van der Waals surface area contributed by atoms with Crippen molar-refractivity contribution < 1.29 is 4.79 Å². The molecule has 3 rings (SSSR count). The molecule has 2 heterocycles. The van der Waals surface area contributed by atoms with Gasteiger partial charge < -0.3 is 4.90 Å². The van der Waals surface area contributed by atoms with Crippen molar-refractivity contribution in [1.29, 1.82) is 0 Å².